The van der Waals surface area contributed by atoms with Crippen LogP contribution in [-0.4, -0.2) is 34.4 Å². The Morgan fingerprint density at radius 2 is 2.29 bits per heavy atom. The lowest BCUT2D eigenvalue weighted by molar-refractivity contribution is -0.126. The predicted molar refractivity (Wildman–Crippen MR) is 60.5 cm³/mol. The molecule has 0 aliphatic rings. The highest BCUT2D eigenvalue weighted by Crippen LogP contribution is 2.09. The third-order valence-corrected chi connectivity index (χ3v) is 1.94. The minimum absolute atomic E-state index is 0.455. The van der Waals surface area contributed by atoms with Gasteiger partial charge < -0.3 is 10.1 Å². The normalized spacial score (nSPS) is 11.7. The number of amides is 3. The number of nitrogens with zero attached hydrogens (tertiary/aromatic N) is 2. The van der Waals surface area contributed by atoms with Crippen molar-refractivity contribution >= 4 is 11.9 Å². The van der Waals surface area contributed by atoms with E-state index in [1.54, 1.807) is 31.8 Å². The SMILES string of the molecule is CCNC(=O)NC(=O)C(C)Oc1cnn(C)c1. The quantitative estimate of drug-likeness (QED) is 0.777. The second kappa shape index (κ2) is 5.88. The number of ether oxygens (including phenoxy) is 1. The molecule has 1 aromatic rings. The zero-order valence-electron chi connectivity index (χ0n) is 10.1. The standard InChI is InChI=1S/C10H16N4O3/c1-4-11-10(16)13-9(15)7(2)17-8-5-12-14(3)6-8/h5-7H,4H2,1-3H3,(H2,11,13,15,16). The Morgan fingerprint density at radius 1 is 1.59 bits per heavy atom. The molecule has 0 fully saturated rings. The summed E-state index contributed by atoms with van der Waals surface area (Å²) in [4.78, 5) is 22.6. The fraction of sp³-hybridized carbons (Fsp3) is 0.500. The summed E-state index contributed by atoms with van der Waals surface area (Å²) in [6, 6.07) is -0.529. The number of aryl methyl sites for hydroxylation is 1. The molecule has 1 aromatic heterocycles. The van der Waals surface area contributed by atoms with E-state index >= 15 is 0 Å². The number of nitrogens with one attached hydrogen (secondary N) is 2. The van der Waals surface area contributed by atoms with Crippen LogP contribution >= 0.6 is 0 Å². The lowest BCUT2D eigenvalue weighted by atomic mass is 10.4. The summed E-state index contributed by atoms with van der Waals surface area (Å²) in [6.45, 7) is 3.78. The fourth-order valence-corrected chi connectivity index (χ4v) is 1.14. The maximum atomic E-state index is 11.5. The molecule has 0 spiro atoms. The molecular formula is C10H16N4O3. The van der Waals surface area contributed by atoms with Gasteiger partial charge in [0.25, 0.3) is 5.91 Å². The second-order valence-electron chi connectivity index (χ2n) is 3.46. The lowest BCUT2D eigenvalue weighted by Gasteiger charge is -2.12. The van der Waals surface area contributed by atoms with Crippen molar-refractivity contribution in [3.05, 3.63) is 12.4 Å². The topological polar surface area (TPSA) is 85.2 Å². The molecule has 1 atom stereocenters. The number of carbonyl (C=O) groups is 2. The molecule has 1 rings (SSSR count). The van der Waals surface area contributed by atoms with Crippen LogP contribution in [0.25, 0.3) is 0 Å². The van der Waals surface area contributed by atoms with Crippen molar-refractivity contribution in [3.63, 3.8) is 0 Å². The van der Waals surface area contributed by atoms with E-state index in [1.165, 1.54) is 6.20 Å². The van der Waals surface area contributed by atoms with Gasteiger partial charge in [0.15, 0.2) is 11.9 Å². The summed E-state index contributed by atoms with van der Waals surface area (Å²) in [5.41, 5.74) is 0. The Balaban J connectivity index is 2.44. The molecule has 0 aliphatic carbocycles. The van der Waals surface area contributed by atoms with Crippen molar-refractivity contribution in [1.82, 2.24) is 20.4 Å². The van der Waals surface area contributed by atoms with Gasteiger partial charge in [0.2, 0.25) is 0 Å². The van der Waals surface area contributed by atoms with Crippen molar-refractivity contribution in [2.45, 2.75) is 20.0 Å². The van der Waals surface area contributed by atoms with Crippen molar-refractivity contribution in [2.75, 3.05) is 6.54 Å². The first-order valence-electron chi connectivity index (χ1n) is 5.27. The van der Waals surface area contributed by atoms with Crippen LogP contribution in [0.3, 0.4) is 0 Å². The maximum absolute atomic E-state index is 11.5. The van der Waals surface area contributed by atoms with E-state index in [0.29, 0.717) is 12.3 Å². The van der Waals surface area contributed by atoms with Gasteiger partial charge in [0.1, 0.15) is 0 Å². The molecule has 0 aliphatic heterocycles. The van der Waals surface area contributed by atoms with Crippen LogP contribution in [0.15, 0.2) is 12.4 Å². The van der Waals surface area contributed by atoms with Gasteiger partial charge in [0.05, 0.1) is 12.4 Å². The summed E-state index contributed by atoms with van der Waals surface area (Å²) >= 11 is 0. The van der Waals surface area contributed by atoms with E-state index in [2.05, 4.69) is 15.7 Å². The second-order valence-corrected chi connectivity index (χ2v) is 3.46. The molecule has 0 bridgehead atoms. The number of urea groups is 1. The van der Waals surface area contributed by atoms with E-state index in [9.17, 15) is 9.59 Å². The van der Waals surface area contributed by atoms with Crippen LogP contribution in [-0.2, 0) is 11.8 Å². The van der Waals surface area contributed by atoms with Crippen LogP contribution in [0.1, 0.15) is 13.8 Å². The van der Waals surface area contributed by atoms with Crippen molar-refractivity contribution in [2.24, 2.45) is 7.05 Å². The van der Waals surface area contributed by atoms with Gasteiger partial charge in [-0.3, -0.25) is 14.8 Å². The summed E-state index contributed by atoms with van der Waals surface area (Å²) in [6.07, 6.45) is 2.37. The van der Waals surface area contributed by atoms with Gasteiger partial charge in [0, 0.05) is 13.6 Å². The Hall–Kier alpha value is -2.05. The van der Waals surface area contributed by atoms with E-state index < -0.39 is 18.0 Å². The summed E-state index contributed by atoms with van der Waals surface area (Å²) < 4.78 is 6.86. The average Bonchev–Trinajstić information content (AvgIpc) is 2.64. The van der Waals surface area contributed by atoms with Gasteiger partial charge in [-0.15, -0.1) is 0 Å². The van der Waals surface area contributed by atoms with E-state index in [0.717, 1.165) is 0 Å². The molecule has 3 amide bonds. The van der Waals surface area contributed by atoms with Crippen LogP contribution < -0.4 is 15.4 Å². The molecule has 2 N–H and O–H groups in total. The Bertz CT molecular complexity index is 402. The Kier molecular flexibility index (Phi) is 4.50. The van der Waals surface area contributed by atoms with Crippen LogP contribution in [0, 0.1) is 0 Å². The number of imide groups is 1. The van der Waals surface area contributed by atoms with Gasteiger partial charge in [-0.05, 0) is 13.8 Å². The first kappa shape index (κ1) is 13.0. The van der Waals surface area contributed by atoms with E-state index in [1.807, 2.05) is 0 Å². The number of hydrogen-bond acceptors (Lipinski definition) is 4. The molecule has 17 heavy (non-hydrogen) atoms. The average molecular weight is 240 g/mol. The highest BCUT2D eigenvalue weighted by Gasteiger charge is 2.17. The highest BCUT2D eigenvalue weighted by molar-refractivity contribution is 5.96. The molecule has 1 heterocycles. The smallest absolute Gasteiger partial charge is 0.321 e. The molecule has 94 valence electrons. The maximum Gasteiger partial charge on any atom is 0.321 e. The van der Waals surface area contributed by atoms with E-state index in [4.69, 9.17) is 4.74 Å². The molecular weight excluding hydrogens is 224 g/mol. The van der Waals surface area contributed by atoms with E-state index in [-0.39, 0.29) is 0 Å². The molecule has 7 nitrogen and oxygen atoms in total. The van der Waals surface area contributed by atoms with Gasteiger partial charge in [-0.2, -0.15) is 5.10 Å². The van der Waals surface area contributed by atoms with Crippen LogP contribution in [0.5, 0.6) is 5.75 Å². The zero-order chi connectivity index (χ0) is 12.8. The van der Waals surface area contributed by atoms with Gasteiger partial charge >= 0.3 is 6.03 Å². The molecule has 1 unspecified atom stereocenters. The third-order valence-electron chi connectivity index (χ3n) is 1.94. The lowest BCUT2D eigenvalue weighted by Crippen LogP contribution is -2.45. The molecule has 0 saturated heterocycles. The number of hydrogen-bond donors (Lipinski definition) is 2. The zero-order valence-corrected chi connectivity index (χ0v) is 10.1. The molecule has 0 saturated carbocycles. The van der Waals surface area contributed by atoms with Crippen LogP contribution in [0.2, 0.25) is 0 Å². The molecule has 0 aromatic carbocycles. The minimum atomic E-state index is -0.762. The Morgan fingerprint density at radius 3 is 2.82 bits per heavy atom. The number of rotatable bonds is 4. The fourth-order valence-electron chi connectivity index (χ4n) is 1.14. The monoisotopic (exact) mass is 240 g/mol. The van der Waals surface area contributed by atoms with Gasteiger partial charge in [-0.1, -0.05) is 0 Å². The number of aromatic nitrogens is 2. The first-order chi connectivity index (χ1) is 8.02. The first-order valence-corrected chi connectivity index (χ1v) is 5.27. The number of carbonyl (C=O) groups excluding carboxylic acids is 2. The van der Waals surface area contributed by atoms with Crippen molar-refractivity contribution in [1.29, 1.82) is 0 Å². The summed E-state index contributed by atoms with van der Waals surface area (Å²) in [5, 5.41) is 8.52. The highest BCUT2D eigenvalue weighted by atomic mass is 16.5. The van der Waals surface area contributed by atoms with Crippen molar-refractivity contribution in [3.8, 4) is 5.75 Å². The molecule has 0 radical (unpaired) electrons. The largest absolute Gasteiger partial charge is 0.478 e. The van der Waals surface area contributed by atoms with Crippen LogP contribution in [0.4, 0.5) is 4.79 Å². The predicted octanol–water partition coefficient (Wildman–Crippen LogP) is 0.0331. The molecule has 7 heteroatoms. The minimum Gasteiger partial charge on any atom is -0.478 e. The Labute approximate surface area is 99.1 Å². The summed E-state index contributed by atoms with van der Waals surface area (Å²) in [7, 11) is 1.74. The van der Waals surface area contributed by atoms with Crippen molar-refractivity contribution < 1.29 is 14.3 Å². The third kappa shape index (κ3) is 4.13. The summed E-state index contributed by atoms with van der Waals surface area (Å²) in [5.74, 6) is -0.0224. The van der Waals surface area contributed by atoms with Gasteiger partial charge in [-0.25, -0.2) is 4.79 Å².